The molecule has 0 fully saturated rings. The molecule has 0 atom stereocenters. The van der Waals surface area contributed by atoms with Crippen molar-refractivity contribution in [2.45, 2.75) is 0 Å². The second-order valence-corrected chi connectivity index (χ2v) is 27.6. The van der Waals surface area contributed by atoms with Gasteiger partial charge in [-0.25, -0.2) is 0 Å². The first kappa shape index (κ1) is 10.7. The van der Waals surface area contributed by atoms with Gasteiger partial charge in [-0.2, -0.15) is 0 Å². The zero-order valence-corrected chi connectivity index (χ0v) is 9.45. The summed E-state index contributed by atoms with van der Waals surface area (Å²) in [4.78, 5) is 9.90. The van der Waals surface area contributed by atoms with E-state index in [1.165, 1.54) is 5.40 Å². The van der Waals surface area contributed by atoms with Gasteiger partial charge in [0.25, 0.3) is 0 Å². The Bertz CT molecular complexity index is 210. The number of halogens is 4. The molecule has 0 aliphatic rings. The van der Waals surface area contributed by atoms with E-state index < -0.39 is 16.3 Å². The molecule has 0 amide bonds. The standard InChI is InChI=1S/CBrClFIN2O2S/c2-5(3,4,7(8)9)10-1-6. The van der Waals surface area contributed by atoms with E-state index in [-0.39, 0.29) is 8.93 Å². The fraction of sp³-hybridized carbons (Fsp3) is 0. The first-order valence-corrected chi connectivity index (χ1v) is 14.3. The normalized spacial score (nSPS) is 14.8. The fourth-order valence-electron chi connectivity index (χ4n) is 0.0827. The Balaban J connectivity index is 4.63. The molecule has 0 N–H and O–H groups in total. The van der Waals surface area contributed by atoms with Crippen molar-refractivity contribution in [3.05, 3.63) is 10.1 Å². The van der Waals surface area contributed by atoms with E-state index >= 15 is 0 Å². The first-order chi connectivity index (χ1) is 4.28. The summed E-state index contributed by atoms with van der Waals surface area (Å²) in [7, 11) is 4.76. The molecular formula is CBrClFIN2O2S. The number of thiocyanates is 1. The van der Waals surface area contributed by atoms with E-state index in [4.69, 9.17) is 14.2 Å². The van der Waals surface area contributed by atoms with Crippen molar-refractivity contribution in [3.63, 3.8) is 0 Å². The van der Waals surface area contributed by atoms with E-state index in [1.807, 2.05) is 0 Å². The number of nitro groups is 1. The molecule has 0 heterocycles. The van der Waals surface area contributed by atoms with Crippen LogP contribution in [-0.4, -0.2) is 3.14 Å². The van der Waals surface area contributed by atoms with Crippen LogP contribution in [0.15, 0.2) is 0 Å². The first-order valence-electron chi connectivity index (χ1n) is 1.54. The zero-order valence-electron chi connectivity index (χ0n) is 4.13. The van der Waals surface area contributed by atoms with Crippen molar-refractivity contribution in [2.75, 3.05) is 0 Å². The number of nitriles is 1. The van der Waals surface area contributed by atoms with Crippen LogP contribution in [0.25, 0.3) is 0 Å². The molecule has 60 valence electrons. The van der Waals surface area contributed by atoms with Crippen molar-refractivity contribution >= 4 is 43.7 Å². The van der Waals surface area contributed by atoms with Crippen molar-refractivity contribution in [1.29, 1.82) is 5.26 Å². The van der Waals surface area contributed by atoms with E-state index in [0.29, 0.717) is 0 Å². The van der Waals surface area contributed by atoms with Gasteiger partial charge in [-0.1, -0.05) is 0 Å². The summed E-state index contributed by atoms with van der Waals surface area (Å²) in [6, 6.07) is 0. The summed E-state index contributed by atoms with van der Waals surface area (Å²) in [5, 5.41) is 19.0. The summed E-state index contributed by atoms with van der Waals surface area (Å²) in [6.45, 7) is 0. The second-order valence-electron chi connectivity index (χ2n) is 0.979. The third-order valence-corrected chi connectivity index (χ3v) is 11.1. The molecule has 4 nitrogen and oxygen atoms in total. The van der Waals surface area contributed by atoms with Crippen LogP contribution in [0.1, 0.15) is 0 Å². The Morgan fingerprint density at radius 3 is 2.50 bits per heavy atom. The Kier molecular flexibility index (Phi) is 3.16. The number of hydrogen-bond acceptors (Lipinski definition) is 4. The Hall–Kier alpha value is 0.670. The molecule has 0 aromatic carbocycles. The van der Waals surface area contributed by atoms with Crippen LogP contribution in [-0.2, 0) is 0 Å². The molecular weight excluding hydrogens is 365 g/mol. The second kappa shape index (κ2) is 2.96. The molecule has 0 aliphatic carbocycles. The Morgan fingerprint density at radius 1 is 2.00 bits per heavy atom. The molecule has 0 radical (unpaired) electrons. The zero-order chi connectivity index (χ0) is 8.44. The quantitative estimate of drug-likeness (QED) is 0.248. The molecule has 0 saturated carbocycles. The van der Waals surface area contributed by atoms with Gasteiger partial charge < -0.3 is 0 Å². The minimum absolute atomic E-state index is 0.148. The van der Waals surface area contributed by atoms with Crippen LogP contribution in [0.4, 0.5) is 2.86 Å². The maximum atomic E-state index is 12.8. The van der Waals surface area contributed by atoms with Gasteiger partial charge in [0, 0.05) is 0 Å². The van der Waals surface area contributed by atoms with Gasteiger partial charge in [0.2, 0.25) is 0 Å². The van der Waals surface area contributed by atoms with Gasteiger partial charge in [-0.3, -0.25) is 0 Å². The molecule has 9 heteroatoms. The molecule has 0 spiro atoms. The van der Waals surface area contributed by atoms with Gasteiger partial charge in [0.1, 0.15) is 0 Å². The van der Waals surface area contributed by atoms with E-state index in [9.17, 15) is 13.0 Å². The summed E-state index contributed by atoms with van der Waals surface area (Å²) < 4.78 is 11.5. The van der Waals surface area contributed by atoms with E-state index in [0.717, 1.165) is 0 Å². The molecule has 0 aliphatic heterocycles. The maximum absolute atomic E-state index is 12.8. The molecule has 0 aromatic heterocycles. The topological polar surface area (TPSA) is 66.9 Å². The molecule has 0 unspecified atom stereocenters. The van der Waals surface area contributed by atoms with Crippen molar-refractivity contribution in [2.24, 2.45) is 0 Å². The number of nitrogens with zero attached hydrogens (tertiary/aromatic N) is 2. The number of hydrogen-bond donors (Lipinski definition) is 0. The van der Waals surface area contributed by atoms with Gasteiger partial charge in [0.05, 0.1) is 0 Å². The fourth-order valence-corrected chi connectivity index (χ4v) is 3.29. The van der Waals surface area contributed by atoms with Crippen molar-refractivity contribution in [3.8, 4) is 5.40 Å². The SMILES string of the molecule is N#CSI(F)(Cl)(Br)[N+](=O)[O-]. The van der Waals surface area contributed by atoms with Gasteiger partial charge in [-0.15, -0.1) is 0 Å². The van der Waals surface area contributed by atoms with Crippen molar-refractivity contribution in [1.82, 2.24) is 0 Å². The summed E-state index contributed by atoms with van der Waals surface area (Å²) >= 11 is -3.62. The third kappa shape index (κ3) is 2.73. The monoisotopic (exact) mass is 364 g/mol. The number of rotatable bonds is 2. The van der Waals surface area contributed by atoms with Crippen LogP contribution >= 0.6 is 43.7 Å². The van der Waals surface area contributed by atoms with Gasteiger partial charge >= 0.3 is 70.5 Å². The Labute approximate surface area is 69.9 Å². The summed E-state index contributed by atoms with van der Waals surface area (Å²) in [5.41, 5.74) is 0. The molecule has 0 saturated heterocycles. The molecule has 0 aromatic rings. The van der Waals surface area contributed by atoms with Crippen LogP contribution in [0.2, 0.25) is 0 Å². The van der Waals surface area contributed by atoms with Gasteiger partial charge in [-0.05, 0) is 0 Å². The van der Waals surface area contributed by atoms with Crippen LogP contribution in [0, 0.1) is 20.8 Å². The Morgan fingerprint density at radius 2 is 2.40 bits per heavy atom. The molecule has 0 bridgehead atoms. The predicted octanol–water partition coefficient (Wildman–Crippen LogP) is 3.23. The van der Waals surface area contributed by atoms with Crippen LogP contribution in [0.3, 0.4) is 0 Å². The summed E-state index contributed by atoms with van der Waals surface area (Å²) in [5.74, 6) is 0. The predicted molar refractivity (Wildman–Crippen MR) is 50.1 cm³/mol. The van der Waals surface area contributed by atoms with E-state index in [2.05, 4.69) is 12.7 Å². The van der Waals surface area contributed by atoms with E-state index in [1.54, 1.807) is 0 Å². The summed E-state index contributed by atoms with van der Waals surface area (Å²) in [6.07, 6.45) is 0. The van der Waals surface area contributed by atoms with Crippen LogP contribution in [0.5, 0.6) is 0 Å². The average molecular weight is 365 g/mol. The third-order valence-electron chi connectivity index (χ3n) is 0.369. The average Bonchev–Trinajstić information content (AvgIpc) is 1.62. The minimum atomic E-state index is -5.76. The van der Waals surface area contributed by atoms with Crippen molar-refractivity contribution < 1.29 is 6.00 Å². The molecule has 10 heavy (non-hydrogen) atoms. The van der Waals surface area contributed by atoms with Gasteiger partial charge in [0.15, 0.2) is 0 Å². The molecule has 0 rings (SSSR count). The van der Waals surface area contributed by atoms with Crippen LogP contribution < -0.4 is 0 Å².